The standard InChI is InChI=1S/C30H42BN3O6/c1-28(2,3)38-27(36)23-10-8-9-18(26(23)37-7)11-20(14-22(35)17-34-16-21(32)15-33-34)31-39-25-13-19-12-24(29(19,4)5)30(25,6)40-31/h8-10,15-16,19-20,24-25H,11-14,17,32H2,1-7H3/t19-,20+,24-,25+,30-/m0/s1. The van der Waals surface area contributed by atoms with E-state index in [2.05, 4.69) is 25.9 Å². The summed E-state index contributed by atoms with van der Waals surface area (Å²) >= 11 is 0. The molecule has 216 valence electrons. The van der Waals surface area contributed by atoms with Gasteiger partial charge in [0, 0.05) is 18.4 Å². The zero-order chi connectivity index (χ0) is 29.0. The number of hydrogen-bond donors (Lipinski definition) is 1. The first-order valence-corrected chi connectivity index (χ1v) is 14.2. The van der Waals surface area contributed by atoms with Crippen LogP contribution in [-0.4, -0.2) is 53.1 Å². The van der Waals surface area contributed by atoms with Gasteiger partial charge in [0.1, 0.15) is 16.9 Å². The third kappa shape index (κ3) is 5.28. The molecule has 0 spiro atoms. The molecular formula is C30H42BN3O6. The second kappa shape index (κ2) is 10.2. The van der Waals surface area contributed by atoms with Gasteiger partial charge in [0.15, 0.2) is 5.78 Å². The van der Waals surface area contributed by atoms with Crippen molar-refractivity contribution < 1.29 is 28.4 Å². The van der Waals surface area contributed by atoms with Crippen molar-refractivity contribution in [1.82, 2.24) is 9.78 Å². The van der Waals surface area contributed by atoms with Crippen molar-refractivity contribution in [2.75, 3.05) is 12.8 Å². The molecule has 3 aliphatic carbocycles. The van der Waals surface area contributed by atoms with Gasteiger partial charge in [-0.15, -0.1) is 0 Å². The molecule has 9 nitrogen and oxygen atoms in total. The number of esters is 1. The lowest BCUT2D eigenvalue weighted by molar-refractivity contribution is -0.199. The van der Waals surface area contributed by atoms with E-state index in [9.17, 15) is 9.59 Å². The Hall–Kier alpha value is -2.85. The van der Waals surface area contributed by atoms with Crippen LogP contribution >= 0.6 is 0 Å². The van der Waals surface area contributed by atoms with Crippen LogP contribution in [0.15, 0.2) is 30.6 Å². The van der Waals surface area contributed by atoms with Crippen LogP contribution in [0, 0.1) is 17.3 Å². The quantitative estimate of drug-likeness (QED) is 0.352. The molecular weight excluding hydrogens is 509 g/mol. The molecule has 1 saturated heterocycles. The molecule has 0 amide bonds. The minimum Gasteiger partial charge on any atom is -0.496 e. The second-order valence-corrected chi connectivity index (χ2v) is 13.5. The van der Waals surface area contributed by atoms with Crippen molar-refractivity contribution >= 4 is 24.6 Å². The third-order valence-corrected chi connectivity index (χ3v) is 9.24. The number of methoxy groups -OCH3 is 1. The first kappa shape index (κ1) is 28.7. The molecule has 6 rings (SSSR count). The van der Waals surface area contributed by atoms with E-state index in [1.54, 1.807) is 24.1 Å². The van der Waals surface area contributed by atoms with Crippen LogP contribution in [0.4, 0.5) is 5.69 Å². The van der Waals surface area contributed by atoms with Gasteiger partial charge in [-0.3, -0.25) is 9.48 Å². The fourth-order valence-electron chi connectivity index (χ4n) is 7.13. The van der Waals surface area contributed by atoms with Crippen LogP contribution in [0.5, 0.6) is 5.75 Å². The van der Waals surface area contributed by atoms with Gasteiger partial charge in [-0.25, -0.2) is 4.79 Å². The number of hydrogen-bond acceptors (Lipinski definition) is 8. The van der Waals surface area contributed by atoms with Crippen LogP contribution < -0.4 is 10.5 Å². The number of Topliss-reactive ketones (excluding diaryl/α,β-unsaturated/α-hetero) is 1. The van der Waals surface area contributed by atoms with Gasteiger partial charge in [-0.2, -0.15) is 5.10 Å². The number of carbonyl (C=O) groups is 2. The van der Waals surface area contributed by atoms with E-state index in [0.29, 0.717) is 35.3 Å². The number of anilines is 1. The highest BCUT2D eigenvalue weighted by atomic mass is 16.7. The number of ether oxygens (including phenoxy) is 2. The van der Waals surface area contributed by atoms with E-state index in [4.69, 9.17) is 24.5 Å². The fraction of sp³-hybridized carbons (Fsp3) is 0.633. The minimum absolute atomic E-state index is 0.00668. The summed E-state index contributed by atoms with van der Waals surface area (Å²) in [5, 5.41) is 4.17. The third-order valence-electron chi connectivity index (χ3n) is 9.24. The lowest BCUT2D eigenvalue weighted by Gasteiger charge is -2.64. The summed E-state index contributed by atoms with van der Waals surface area (Å²) in [6, 6.07) is 5.44. The smallest absolute Gasteiger partial charge is 0.461 e. The summed E-state index contributed by atoms with van der Waals surface area (Å²) < 4.78 is 26.3. The monoisotopic (exact) mass is 551 g/mol. The van der Waals surface area contributed by atoms with E-state index < -0.39 is 24.3 Å². The summed E-state index contributed by atoms with van der Waals surface area (Å²) in [6.07, 6.45) is 5.91. The molecule has 1 aromatic carbocycles. The Labute approximate surface area is 237 Å². The van der Waals surface area contributed by atoms with Crippen LogP contribution in [0.25, 0.3) is 0 Å². The fourth-order valence-corrected chi connectivity index (χ4v) is 7.13. The molecule has 2 heterocycles. The molecule has 4 aliphatic rings. The normalized spacial score (nSPS) is 27.5. The number of benzene rings is 1. The lowest BCUT2D eigenvalue weighted by Crippen LogP contribution is -2.65. The molecule has 10 heteroatoms. The lowest BCUT2D eigenvalue weighted by atomic mass is 9.43. The van der Waals surface area contributed by atoms with Crippen molar-refractivity contribution in [3.05, 3.63) is 41.7 Å². The van der Waals surface area contributed by atoms with Crippen LogP contribution in [0.2, 0.25) is 5.82 Å². The first-order chi connectivity index (χ1) is 18.7. The van der Waals surface area contributed by atoms with Crippen molar-refractivity contribution in [3.63, 3.8) is 0 Å². The number of rotatable bonds is 9. The van der Waals surface area contributed by atoms with Crippen molar-refractivity contribution in [2.45, 2.75) is 96.9 Å². The largest absolute Gasteiger partial charge is 0.496 e. The zero-order valence-electron chi connectivity index (χ0n) is 24.7. The predicted octanol–water partition coefficient (Wildman–Crippen LogP) is 4.73. The molecule has 3 saturated carbocycles. The summed E-state index contributed by atoms with van der Waals surface area (Å²) in [5.41, 5.74) is 6.62. The summed E-state index contributed by atoms with van der Waals surface area (Å²) in [5.74, 6) is 0.706. The topological polar surface area (TPSA) is 115 Å². The maximum atomic E-state index is 13.3. The minimum atomic E-state index is -0.644. The van der Waals surface area contributed by atoms with Crippen molar-refractivity contribution in [1.29, 1.82) is 0 Å². The van der Waals surface area contributed by atoms with E-state index in [0.717, 1.165) is 18.4 Å². The van der Waals surface area contributed by atoms with E-state index in [1.165, 1.54) is 6.20 Å². The molecule has 40 heavy (non-hydrogen) atoms. The van der Waals surface area contributed by atoms with Gasteiger partial charge in [0.2, 0.25) is 0 Å². The molecule has 0 unspecified atom stereocenters. The average Bonchev–Trinajstić information content (AvgIpc) is 3.43. The molecule has 2 aromatic rings. The number of ketones is 1. The molecule has 5 atom stereocenters. The van der Waals surface area contributed by atoms with Crippen LogP contribution in [0.1, 0.15) is 76.7 Å². The average molecular weight is 551 g/mol. The highest BCUT2D eigenvalue weighted by Crippen LogP contribution is 2.66. The van der Waals surface area contributed by atoms with Crippen molar-refractivity contribution in [3.8, 4) is 5.75 Å². The molecule has 1 aromatic heterocycles. The second-order valence-electron chi connectivity index (χ2n) is 13.5. The molecule has 0 radical (unpaired) electrons. The van der Waals surface area contributed by atoms with E-state index in [-0.39, 0.29) is 36.1 Å². The number of carbonyl (C=O) groups excluding carboxylic acids is 2. The molecule has 2 N–H and O–H groups in total. The van der Waals surface area contributed by atoms with E-state index in [1.807, 2.05) is 32.9 Å². The van der Waals surface area contributed by atoms with Crippen LogP contribution in [-0.2, 0) is 31.8 Å². The number of nitrogen functional groups attached to an aromatic ring is 1. The summed E-state index contributed by atoms with van der Waals surface area (Å²) in [7, 11) is 0.981. The molecule has 1 aliphatic heterocycles. The summed E-state index contributed by atoms with van der Waals surface area (Å²) in [4.78, 5) is 26.3. The highest BCUT2D eigenvalue weighted by Gasteiger charge is 2.68. The van der Waals surface area contributed by atoms with Crippen LogP contribution in [0.3, 0.4) is 0 Å². The Kier molecular flexibility index (Phi) is 7.32. The first-order valence-electron chi connectivity index (χ1n) is 14.2. The Morgan fingerprint density at radius 1 is 1.25 bits per heavy atom. The van der Waals surface area contributed by atoms with E-state index >= 15 is 0 Å². The Morgan fingerprint density at radius 3 is 2.62 bits per heavy atom. The molecule has 2 bridgehead atoms. The summed E-state index contributed by atoms with van der Waals surface area (Å²) in [6.45, 7) is 12.4. The van der Waals surface area contributed by atoms with Gasteiger partial charge in [0.25, 0.3) is 0 Å². The highest BCUT2D eigenvalue weighted by molar-refractivity contribution is 6.48. The number of para-hydroxylation sites is 1. The van der Waals surface area contributed by atoms with Gasteiger partial charge in [-0.05, 0) is 75.8 Å². The number of nitrogens with two attached hydrogens (primary N) is 1. The van der Waals surface area contributed by atoms with Crippen molar-refractivity contribution in [2.24, 2.45) is 17.3 Å². The Morgan fingerprint density at radius 2 is 2.00 bits per heavy atom. The predicted molar refractivity (Wildman–Crippen MR) is 152 cm³/mol. The SMILES string of the molecule is COc1c(C[C@H](CC(=O)Cn2cc(N)cn2)B2O[C@@H]3C[C@@H]4C[C@@H](C4(C)C)[C@]3(C)O2)cccc1C(=O)OC(C)(C)C. The maximum Gasteiger partial charge on any atom is 0.461 e. The maximum absolute atomic E-state index is 13.3. The Bertz CT molecular complexity index is 1290. The van der Waals surface area contributed by atoms with Gasteiger partial charge >= 0.3 is 13.1 Å². The van der Waals surface area contributed by atoms with Gasteiger partial charge < -0.3 is 24.5 Å². The molecule has 4 fully saturated rings. The number of aromatic nitrogens is 2. The van der Waals surface area contributed by atoms with Gasteiger partial charge in [0.05, 0.1) is 37.2 Å². The zero-order valence-corrected chi connectivity index (χ0v) is 24.7. The van der Waals surface area contributed by atoms with Gasteiger partial charge in [-0.1, -0.05) is 26.0 Å². The Balaban J connectivity index is 1.42. The number of nitrogens with zero attached hydrogens (tertiary/aromatic N) is 2.